The van der Waals surface area contributed by atoms with Gasteiger partial charge in [-0.1, -0.05) is 34.1 Å². The van der Waals surface area contributed by atoms with E-state index in [1.165, 1.54) is 18.0 Å². The van der Waals surface area contributed by atoms with Crippen LogP contribution < -0.4 is 10.0 Å². The third-order valence-corrected chi connectivity index (χ3v) is 4.63. The van der Waals surface area contributed by atoms with Crippen LogP contribution in [0.15, 0.2) is 58.2 Å². The molecule has 0 radical (unpaired) electrons. The molecule has 1 N–H and O–H groups in total. The van der Waals surface area contributed by atoms with Gasteiger partial charge in [-0.15, -0.1) is 0 Å². The molecule has 6 heteroatoms. The molecule has 2 aromatic rings. The van der Waals surface area contributed by atoms with Crippen LogP contribution in [0.4, 0.5) is 0 Å². The lowest BCUT2D eigenvalue weighted by Gasteiger charge is -2.15. The first kappa shape index (κ1) is 15.9. The fraction of sp³-hybridized carbons (Fsp3) is 0.200. The van der Waals surface area contributed by atoms with Gasteiger partial charge >= 0.3 is 0 Å². The summed E-state index contributed by atoms with van der Waals surface area (Å²) >= 11 is 4.69. The van der Waals surface area contributed by atoms with E-state index in [0.29, 0.717) is 5.03 Å². The Balaban J connectivity index is 1.90. The number of nitrogens with one attached hydrogen (secondary N) is 1. The highest BCUT2D eigenvalue weighted by molar-refractivity contribution is 9.10. The van der Waals surface area contributed by atoms with Crippen LogP contribution in [0.3, 0.4) is 0 Å². The molecule has 0 fully saturated rings. The molecule has 4 nitrogen and oxygen atoms in total. The Morgan fingerprint density at radius 3 is 2.76 bits per heavy atom. The van der Waals surface area contributed by atoms with Gasteiger partial charge in [-0.05, 0) is 36.4 Å². The standard InChI is InChI=1S/C15H15BrN2O2S/c1-11(12-6-2-3-7-13(12)16)17-14(19)10-21-15-8-4-5-9-18(15)20/h2-9,11H,10H2,1H3,(H,17,19)/t11-/m1/s1. The summed E-state index contributed by atoms with van der Waals surface area (Å²) in [5.74, 6) is 0.105. The Hall–Kier alpha value is -1.53. The number of rotatable bonds is 5. The molecule has 1 aromatic carbocycles. The van der Waals surface area contributed by atoms with Crippen molar-refractivity contribution >= 4 is 33.6 Å². The summed E-state index contributed by atoms with van der Waals surface area (Å²) in [7, 11) is 0. The molecule has 110 valence electrons. The zero-order chi connectivity index (χ0) is 15.2. The topological polar surface area (TPSA) is 56.0 Å². The number of hydrogen-bond acceptors (Lipinski definition) is 3. The van der Waals surface area contributed by atoms with E-state index in [4.69, 9.17) is 0 Å². The van der Waals surface area contributed by atoms with E-state index in [1.807, 2.05) is 31.2 Å². The Morgan fingerprint density at radius 1 is 1.33 bits per heavy atom. The molecule has 0 aliphatic rings. The SMILES string of the molecule is C[C@@H](NC(=O)CSc1cccc[n+]1[O-])c1ccccc1Br. The maximum absolute atomic E-state index is 12.0. The Bertz CT molecular complexity index is 637. The monoisotopic (exact) mass is 366 g/mol. The Labute approximate surface area is 136 Å². The lowest BCUT2D eigenvalue weighted by molar-refractivity contribution is -0.645. The summed E-state index contributed by atoms with van der Waals surface area (Å²) in [5, 5.41) is 14.9. The van der Waals surface area contributed by atoms with Gasteiger partial charge in [0.05, 0.1) is 11.8 Å². The molecule has 0 saturated carbocycles. The first-order chi connectivity index (χ1) is 10.1. The minimum Gasteiger partial charge on any atom is -0.618 e. The van der Waals surface area contributed by atoms with Crippen LogP contribution in [-0.2, 0) is 4.79 Å². The van der Waals surface area contributed by atoms with Crippen LogP contribution in [-0.4, -0.2) is 11.7 Å². The molecule has 0 unspecified atom stereocenters. The second kappa shape index (κ2) is 7.47. The van der Waals surface area contributed by atoms with E-state index in [9.17, 15) is 10.0 Å². The second-order valence-corrected chi connectivity index (χ2v) is 6.31. The first-order valence-corrected chi connectivity index (χ1v) is 8.20. The zero-order valence-corrected chi connectivity index (χ0v) is 13.9. The number of benzene rings is 1. The highest BCUT2D eigenvalue weighted by Gasteiger charge is 2.14. The van der Waals surface area contributed by atoms with Crippen molar-refractivity contribution in [2.45, 2.75) is 18.0 Å². The van der Waals surface area contributed by atoms with Crippen LogP contribution in [0.25, 0.3) is 0 Å². The van der Waals surface area contributed by atoms with Gasteiger partial charge in [0.25, 0.3) is 5.03 Å². The van der Waals surface area contributed by atoms with E-state index < -0.39 is 0 Å². The normalized spacial score (nSPS) is 11.9. The first-order valence-electron chi connectivity index (χ1n) is 6.42. The summed E-state index contributed by atoms with van der Waals surface area (Å²) in [6, 6.07) is 12.8. The molecular weight excluding hydrogens is 352 g/mol. The number of pyridine rings is 1. The number of amides is 1. The second-order valence-electron chi connectivity index (χ2n) is 4.46. The number of hydrogen-bond donors (Lipinski definition) is 1. The predicted molar refractivity (Wildman–Crippen MR) is 86.8 cm³/mol. The lowest BCUT2D eigenvalue weighted by Crippen LogP contribution is -2.31. The smallest absolute Gasteiger partial charge is 0.251 e. The number of aromatic nitrogens is 1. The van der Waals surface area contributed by atoms with Gasteiger partial charge in [0, 0.05) is 16.6 Å². The van der Waals surface area contributed by atoms with Gasteiger partial charge in [0.15, 0.2) is 6.20 Å². The van der Waals surface area contributed by atoms with E-state index in [-0.39, 0.29) is 17.7 Å². The van der Waals surface area contributed by atoms with Crippen molar-refractivity contribution in [1.82, 2.24) is 5.32 Å². The quantitative estimate of drug-likeness (QED) is 0.502. The molecule has 1 aromatic heterocycles. The minimum atomic E-state index is -0.105. The van der Waals surface area contributed by atoms with E-state index in [0.717, 1.165) is 14.8 Å². The molecular formula is C15H15BrN2O2S. The van der Waals surface area contributed by atoms with Crippen molar-refractivity contribution in [1.29, 1.82) is 0 Å². The summed E-state index contributed by atoms with van der Waals surface area (Å²) in [6.07, 6.45) is 1.42. The van der Waals surface area contributed by atoms with Crippen LogP contribution in [0.5, 0.6) is 0 Å². The molecule has 0 bridgehead atoms. The van der Waals surface area contributed by atoms with Crippen LogP contribution in [0.2, 0.25) is 0 Å². The fourth-order valence-electron chi connectivity index (χ4n) is 1.85. The summed E-state index contributed by atoms with van der Waals surface area (Å²) in [5.41, 5.74) is 1.02. The van der Waals surface area contributed by atoms with E-state index in [1.54, 1.807) is 18.2 Å². The van der Waals surface area contributed by atoms with Crippen LogP contribution >= 0.6 is 27.7 Å². The van der Waals surface area contributed by atoms with Crippen molar-refractivity contribution in [3.05, 3.63) is 63.9 Å². The summed E-state index contributed by atoms with van der Waals surface area (Å²) in [6.45, 7) is 1.93. The third kappa shape index (κ3) is 4.47. The average molecular weight is 367 g/mol. The highest BCUT2D eigenvalue weighted by Crippen LogP contribution is 2.23. The molecule has 1 amide bonds. The maximum atomic E-state index is 12.0. The molecule has 1 atom stereocenters. The van der Waals surface area contributed by atoms with Gasteiger partial charge in [0.1, 0.15) is 0 Å². The third-order valence-electron chi connectivity index (χ3n) is 2.89. The molecule has 21 heavy (non-hydrogen) atoms. The Kier molecular flexibility index (Phi) is 5.64. The lowest BCUT2D eigenvalue weighted by atomic mass is 10.1. The number of nitrogens with zero attached hydrogens (tertiary/aromatic N) is 1. The van der Waals surface area contributed by atoms with Gasteiger partial charge < -0.3 is 10.5 Å². The Morgan fingerprint density at radius 2 is 2.05 bits per heavy atom. The summed E-state index contributed by atoms with van der Waals surface area (Å²) < 4.78 is 1.72. The maximum Gasteiger partial charge on any atom is 0.251 e. The van der Waals surface area contributed by atoms with Crippen molar-refractivity contribution in [3.63, 3.8) is 0 Å². The average Bonchev–Trinajstić information content (AvgIpc) is 2.46. The van der Waals surface area contributed by atoms with Crippen LogP contribution in [0, 0.1) is 5.21 Å². The van der Waals surface area contributed by atoms with Gasteiger partial charge in [0.2, 0.25) is 5.91 Å². The molecule has 0 spiro atoms. The molecule has 0 aliphatic heterocycles. The molecule has 1 heterocycles. The van der Waals surface area contributed by atoms with E-state index >= 15 is 0 Å². The van der Waals surface area contributed by atoms with Gasteiger partial charge in [-0.2, -0.15) is 4.73 Å². The molecule has 0 saturated heterocycles. The minimum absolute atomic E-state index is 0.0937. The summed E-state index contributed by atoms with van der Waals surface area (Å²) in [4.78, 5) is 12.0. The number of carbonyl (C=O) groups excluding carboxylic acids is 1. The van der Waals surface area contributed by atoms with Crippen molar-refractivity contribution in [3.8, 4) is 0 Å². The fourth-order valence-corrected chi connectivity index (χ4v) is 3.20. The highest BCUT2D eigenvalue weighted by atomic mass is 79.9. The van der Waals surface area contributed by atoms with Crippen molar-refractivity contribution < 1.29 is 9.52 Å². The van der Waals surface area contributed by atoms with Crippen molar-refractivity contribution in [2.24, 2.45) is 0 Å². The number of carbonyl (C=O) groups is 1. The molecule has 2 rings (SSSR count). The van der Waals surface area contributed by atoms with Gasteiger partial charge in [-0.25, -0.2) is 0 Å². The van der Waals surface area contributed by atoms with Gasteiger partial charge in [-0.3, -0.25) is 4.79 Å². The van der Waals surface area contributed by atoms with Crippen molar-refractivity contribution in [2.75, 3.05) is 5.75 Å². The number of thioether (sulfide) groups is 1. The predicted octanol–water partition coefficient (Wildman–Crippen LogP) is 3.05. The number of halogens is 1. The molecule has 0 aliphatic carbocycles. The zero-order valence-electron chi connectivity index (χ0n) is 11.5. The largest absolute Gasteiger partial charge is 0.618 e. The van der Waals surface area contributed by atoms with Crippen LogP contribution in [0.1, 0.15) is 18.5 Å². The van der Waals surface area contributed by atoms with E-state index in [2.05, 4.69) is 21.2 Å².